The Labute approximate surface area is 124 Å². The molecule has 0 aliphatic rings. The Kier molecular flexibility index (Phi) is 6.45. The molecule has 0 saturated heterocycles. The van der Waals surface area contributed by atoms with Crippen molar-refractivity contribution in [3.63, 3.8) is 0 Å². The van der Waals surface area contributed by atoms with E-state index in [0.29, 0.717) is 23.7 Å². The summed E-state index contributed by atoms with van der Waals surface area (Å²) in [7, 11) is -3.33. The molecule has 7 heteroatoms. The molecule has 0 fully saturated rings. The lowest BCUT2D eigenvalue weighted by atomic mass is 10.2. The number of hydrogen-bond donors (Lipinski definition) is 1. The molecule has 0 radical (unpaired) electrons. The van der Waals surface area contributed by atoms with Crippen LogP contribution in [0.1, 0.15) is 18.9 Å². The number of carbonyl (C=O) groups is 1. The minimum Gasteiger partial charge on any atom is -0.466 e. The van der Waals surface area contributed by atoms with E-state index in [1.54, 1.807) is 19.1 Å². The first-order valence-electron chi connectivity index (χ1n) is 6.20. The molecule has 0 unspecified atom stereocenters. The SMILES string of the molecule is CCOC(=O)CCNCc1c(Cl)cccc1S(C)(=O)=O. The van der Waals surface area contributed by atoms with E-state index in [-0.39, 0.29) is 23.8 Å². The number of nitrogens with one attached hydrogen (secondary N) is 1. The standard InChI is InChI=1S/C13H18ClNO4S/c1-3-19-13(16)7-8-15-9-10-11(14)5-4-6-12(10)20(2,17)18/h4-6,15H,3,7-9H2,1-2H3. The normalized spacial score (nSPS) is 11.3. The zero-order chi connectivity index (χ0) is 15.2. The van der Waals surface area contributed by atoms with Crippen LogP contribution in [0.5, 0.6) is 0 Å². The summed E-state index contributed by atoms with van der Waals surface area (Å²) in [4.78, 5) is 11.4. The molecular weight excluding hydrogens is 302 g/mol. The Bertz CT molecular complexity index is 572. The van der Waals surface area contributed by atoms with Gasteiger partial charge in [0.1, 0.15) is 0 Å². The van der Waals surface area contributed by atoms with Gasteiger partial charge in [-0.05, 0) is 19.1 Å². The quantitative estimate of drug-likeness (QED) is 0.612. The van der Waals surface area contributed by atoms with E-state index in [2.05, 4.69) is 5.32 Å². The Balaban J connectivity index is 2.67. The van der Waals surface area contributed by atoms with Gasteiger partial charge in [0.05, 0.1) is 17.9 Å². The van der Waals surface area contributed by atoms with Crippen LogP contribution in [-0.4, -0.2) is 33.8 Å². The van der Waals surface area contributed by atoms with Gasteiger partial charge in [0.2, 0.25) is 0 Å². The van der Waals surface area contributed by atoms with Crippen molar-refractivity contribution in [1.82, 2.24) is 5.32 Å². The first-order valence-corrected chi connectivity index (χ1v) is 8.47. The molecule has 0 aliphatic carbocycles. The molecule has 112 valence electrons. The van der Waals surface area contributed by atoms with E-state index in [1.807, 2.05) is 0 Å². The highest BCUT2D eigenvalue weighted by Crippen LogP contribution is 2.23. The second-order valence-corrected chi connectivity index (χ2v) is 6.61. The molecule has 0 heterocycles. The fraction of sp³-hybridized carbons (Fsp3) is 0.462. The van der Waals surface area contributed by atoms with E-state index in [9.17, 15) is 13.2 Å². The number of carbonyl (C=O) groups excluding carboxylic acids is 1. The molecule has 1 N–H and O–H groups in total. The third-order valence-corrected chi connectivity index (χ3v) is 4.12. The van der Waals surface area contributed by atoms with Crippen molar-refractivity contribution < 1.29 is 17.9 Å². The largest absolute Gasteiger partial charge is 0.466 e. The van der Waals surface area contributed by atoms with Crippen LogP contribution in [0.4, 0.5) is 0 Å². The molecule has 0 spiro atoms. The highest BCUT2D eigenvalue weighted by molar-refractivity contribution is 7.90. The number of benzene rings is 1. The second-order valence-electron chi connectivity index (χ2n) is 4.22. The summed E-state index contributed by atoms with van der Waals surface area (Å²) < 4.78 is 28.1. The summed E-state index contributed by atoms with van der Waals surface area (Å²) in [6.45, 7) is 2.77. The number of ether oxygens (including phenoxy) is 1. The number of rotatable bonds is 7. The van der Waals surface area contributed by atoms with Crippen molar-refractivity contribution in [2.45, 2.75) is 24.8 Å². The van der Waals surface area contributed by atoms with Crippen molar-refractivity contribution in [2.24, 2.45) is 0 Å². The maximum Gasteiger partial charge on any atom is 0.307 e. The van der Waals surface area contributed by atoms with E-state index in [0.717, 1.165) is 6.26 Å². The van der Waals surface area contributed by atoms with Crippen molar-refractivity contribution in [3.8, 4) is 0 Å². The number of sulfone groups is 1. The molecule has 0 aliphatic heterocycles. The third kappa shape index (κ3) is 5.11. The Morgan fingerprint density at radius 1 is 1.40 bits per heavy atom. The summed E-state index contributed by atoms with van der Waals surface area (Å²) in [6, 6.07) is 4.75. The van der Waals surface area contributed by atoms with Crippen LogP contribution in [0.3, 0.4) is 0 Å². The molecule has 1 rings (SSSR count). The lowest BCUT2D eigenvalue weighted by Crippen LogP contribution is -2.20. The highest BCUT2D eigenvalue weighted by Gasteiger charge is 2.15. The summed E-state index contributed by atoms with van der Waals surface area (Å²) in [5.74, 6) is -0.289. The molecule has 1 aromatic rings. The van der Waals surface area contributed by atoms with E-state index in [1.165, 1.54) is 6.07 Å². The highest BCUT2D eigenvalue weighted by atomic mass is 35.5. The minimum absolute atomic E-state index is 0.202. The molecular formula is C13H18ClNO4S. The van der Waals surface area contributed by atoms with E-state index in [4.69, 9.17) is 16.3 Å². The van der Waals surface area contributed by atoms with Crippen LogP contribution in [0.2, 0.25) is 5.02 Å². The maximum atomic E-state index is 11.7. The molecule has 0 atom stereocenters. The van der Waals surface area contributed by atoms with Gasteiger partial charge in [-0.15, -0.1) is 0 Å². The lowest BCUT2D eigenvalue weighted by Gasteiger charge is -2.11. The Morgan fingerprint density at radius 2 is 2.10 bits per heavy atom. The summed E-state index contributed by atoms with van der Waals surface area (Å²) >= 11 is 6.03. The van der Waals surface area contributed by atoms with Gasteiger partial charge in [0, 0.05) is 29.9 Å². The van der Waals surface area contributed by atoms with Gasteiger partial charge in [-0.25, -0.2) is 8.42 Å². The molecule has 5 nitrogen and oxygen atoms in total. The van der Waals surface area contributed by atoms with Crippen LogP contribution in [0.15, 0.2) is 23.1 Å². The van der Waals surface area contributed by atoms with Gasteiger partial charge in [0.15, 0.2) is 9.84 Å². The van der Waals surface area contributed by atoms with Crippen molar-refractivity contribution in [3.05, 3.63) is 28.8 Å². The second kappa shape index (κ2) is 7.61. The topological polar surface area (TPSA) is 72.5 Å². The zero-order valence-corrected chi connectivity index (χ0v) is 13.1. The Hall–Kier alpha value is -1.11. The third-order valence-electron chi connectivity index (χ3n) is 2.59. The number of halogens is 1. The van der Waals surface area contributed by atoms with Crippen LogP contribution in [0, 0.1) is 0 Å². The van der Waals surface area contributed by atoms with Crippen LogP contribution < -0.4 is 5.32 Å². The van der Waals surface area contributed by atoms with Crippen molar-refractivity contribution in [2.75, 3.05) is 19.4 Å². The zero-order valence-electron chi connectivity index (χ0n) is 11.5. The number of esters is 1. The molecule has 0 amide bonds. The van der Waals surface area contributed by atoms with Gasteiger partial charge in [-0.2, -0.15) is 0 Å². The number of hydrogen-bond acceptors (Lipinski definition) is 5. The fourth-order valence-corrected chi connectivity index (χ4v) is 2.95. The maximum absolute atomic E-state index is 11.7. The average Bonchev–Trinajstić information content (AvgIpc) is 2.35. The fourth-order valence-electron chi connectivity index (χ4n) is 1.69. The average molecular weight is 320 g/mol. The summed E-state index contributed by atoms with van der Waals surface area (Å²) in [5.41, 5.74) is 0.514. The van der Waals surface area contributed by atoms with E-state index >= 15 is 0 Å². The molecule has 0 bridgehead atoms. The minimum atomic E-state index is -3.33. The first-order chi connectivity index (χ1) is 9.36. The van der Waals surface area contributed by atoms with E-state index < -0.39 is 9.84 Å². The van der Waals surface area contributed by atoms with Crippen molar-refractivity contribution >= 4 is 27.4 Å². The molecule has 20 heavy (non-hydrogen) atoms. The molecule has 1 aromatic carbocycles. The Morgan fingerprint density at radius 3 is 2.70 bits per heavy atom. The van der Waals surface area contributed by atoms with Crippen LogP contribution >= 0.6 is 11.6 Å². The van der Waals surface area contributed by atoms with Gasteiger partial charge in [0.25, 0.3) is 0 Å². The van der Waals surface area contributed by atoms with Crippen LogP contribution in [0.25, 0.3) is 0 Å². The molecule has 0 saturated carbocycles. The predicted molar refractivity (Wildman–Crippen MR) is 77.5 cm³/mol. The lowest BCUT2D eigenvalue weighted by molar-refractivity contribution is -0.142. The van der Waals surface area contributed by atoms with Gasteiger partial charge < -0.3 is 10.1 Å². The summed E-state index contributed by atoms with van der Waals surface area (Å²) in [5, 5.41) is 3.38. The molecule has 0 aromatic heterocycles. The predicted octanol–water partition coefficient (Wildman–Crippen LogP) is 1.79. The van der Waals surface area contributed by atoms with Gasteiger partial charge >= 0.3 is 5.97 Å². The monoisotopic (exact) mass is 319 g/mol. The smallest absolute Gasteiger partial charge is 0.307 e. The van der Waals surface area contributed by atoms with Gasteiger partial charge in [-0.3, -0.25) is 4.79 Å². The van der Waals surface area contributed by atoms with Gasteiger partial charge in [-0.1, -0.05) is 17.7 Å². The van der Waals surface area contributed by atoms with Crippen molar-refractivity contribution in [1.29, 1.82) is 0 Å². The summed E-state index contributed by atoms with van der Waals surface area (Å²) in [6.07, 6.45) is 1.37. The van der Waals surface area contributed by atoms with Crippen LogP contribution in [-0.2, 0) is 25.9 Å². The first kappa shape index (κ1) is 16.9.